The van der Waals surface area contributed by atoms with Crippen LogP contribution in [0.4, 0.5) is 0 Å². The maximum absolute atomic E-state index is 11.9. The van der Waals surface area contributed by atoms with Crippen LogP contribution in [-0.4, -0.2) is 165 Å². The number of hydrogen-bond donors (Lipinski definition) is 8. The molecule has 0 aromatic heterocycles. The second-order valence-electron chi connectivity index (χ2n) is 20.6. The summed E-state index contributed by atoms with van der Waals surface area (Å²) in [5.74, 6) is 2.65. The lowest BCUT2D eigenvalue weighted by atomic mass is 9.47. The predicted octanol–water partition coefficient (Wildman–Crippen LogP) is 0.853. The van der Waals surface area contributed by atoms with E-state index in [9.17, 15) is 40.9 Å². The minimum atomic E-state index is -1.70. The van der Waals surface area contributed by atoms with Gasteiger partial charge in [-0.2, -0.15) is 0 Å². The molecule has 8 N–H and O–H groups in total. The Bertz CT molecular complexity index is 1560. The minimum Gasteiger partial charge on any atom is -0.394 e. The number of fused-ring (bicyclic) bond motifs is 7. The molecule has 5 aliphatic heterocycles. The molecular weight excluding hydrogens is 784 g/mol. The van der Waals surface area contributed by atoms with Crippen molar-refractivity contribution in [2.24, 2.45) is 46.3 Å². The number of hydrogen-bond acceptors (Lipinski definition) is 16. The minimum absolute atomic E-state index is 0.0142. The van der Waals surface area contributed by atoms with Crippen LogP contribution < -0.4 is 0 Å². The second kappa shape index (κ2) is 16.5. The van der Waals surface area contributed by atoms with E-state index in [1.807, 2.05) is 0 Å². The summed E-state index contributed by atoms with van der Waals surface area (Å²) < 4.78 is 49.8. The third-order valence-corrected chi connectivity index (χ3v) is 17.3. The van der Waals surface area contributed by atoms with Crippen LogP contribution in [0.25, 0.3) is 0 Å². The average Bonchev–Trinajstić information content (AvgIpc) is 3.68. The fourth-order valence-electron chi connectivity index (χ4n) is 13.7. The van der Waals surface area contributed by atoms with Crippen LogP contribution in [-0.2, 0) is 37.9 Å². The van der Waals surface area contributed by atoms with Crippen molar-refractivity contribution in [2.75, 3.05) is 19.8 Å². The van der Waals surface area contributed by atoms with Gasteiger partial charge in [0, 0.05) is 12.3 Å². The first-order valence-corrected chi connectivity index (χ1v) is 22.8. The quantitative estimate of drug-likeness (QED) is 0.166. The van der Waals surface area contributed by atoms with Crippen LogP contribution in [0.2, 0.25) is 0 Å². The Balaban J connectivity index is 0.913. The van der Waals surface area contributed by atoms with Gasteiger partial charge >= 0.3 is 0 Å². The predicted molar refractivity (Wildman–Crippen MR) is 208 cm³/mol. The van der Waals surface area contributed by atoms with Gasteiger partial charge in [0.15, 0.2) is 24.7 Å². The van der Waals surface area contributed by atoms with E-state index in [2.05, 4.69) is 33.8 Å². The van der Waals surface area contributed by atoms with Crippen molar-refractivity contribution < 1.29 is 78.7 Å². The summed E-state index contributed by atoms with van der Waals surface area (Å²) in [5, 5.41) is 85.1. The monoisotopic (exact) mass is 854 g/mol. The number of ether oxygens (including phenoxy) is 8. The van der Waals surface area contributed by atoms with Gasteiger partial charge in [-0.05, 0) is 98.7 Å². The van der Waals surface area contributed by atoms with Crippen molar-refractivity contribution in [3.63, 3.8) is 0 Å². The maximum atomic E-state index is 11.9. The summed E-state index contributed by atoms with van der Waals surface area (Å²) in [6, 6.07) is 0. The lowest BCUT2D eigenvalue weighted by Gasteiger charge is -2.58. The highest BCUT2D eigenvalue weighted by atomic mass is 16.8. The molecule has 9 aliphatic rings. The van der Waals surface area contributed by atoms with E-state index in [0.717, 1.165) is 45.1 Å². The molecule has 9 rings (SSSR count). The molecule has 0 aromatic carbocycles. The lowest BCUT2D eigenvalue weighted by molar-refractivity contribution is -0.385. The largest absolute Gasteiger partial charge is 0.394 e. The van der Waals surface area contributed by atoms with Crippen LogP contribution in [0.5, 0.6) is 0 Å². The highest BCUT2D eigenvalue weighted by Crippen LogP contribution is 2.70. The van der Waals surface area contributed by atoms with E-state index in [-0.39, 0.29) is 29.6 Å². The third-order valence-electron chi connectivity index (χ3n) is 17.3. The second-order valence-corrected chi connectivity index (χ2v) is 20.6. The summed E-state index contributed by atoms with van der Waals surface area (Å²) in [4.78, 5) is 0. The molecule has 1 spiro atoms. The van der Waals surface area contributed by atoms with Crippen molar-refractivity contribution >= 4 is 0 Å². The first-order chi connectivity index (χ1) is 28.5. The van der Waals surface area contributed by atoms with Gasteiger partial charge < -0.3 is 78.7 Å². The Labute approximate surface area is 352 Å². The molecule has 0 aromatic rings. The highest BCUT2D eigenvalue weighted by molar-refractivity contribution is 5.26. The Morgan fingerprint density at radius 1 is 0.733 bits per heavy atom. The van der Waals surface area contributed by atoms with Gasteiger partial charge in [0.2, 0.25) is 0 Å². The number of aliphatic hydroxyl groups excluding tert-OH is 8. The van der Waals surface area contributed by atoms with Gasteiger partial charge in [-0.3, -0.25) is 0 Å². The van der Waals surface area contributed by atoms with Crippen LogP contribution in [0.15, 0.2) is 11.6 Å². The molecule has 6 unspecified atom stereocenters. The average molecular weight is 855 g/mol. The van der Waals surface area contributed by atoms with Gasteiger partial charge in [-0.1, -0.05) is 39.3 Å². The molecule has 16 heteroatoms. The SMILES string of the molecule is CC1C2C(CC3C4CC=C5C[C@@H](O[C@@H]6O[C@H](CO)[C@@H](O[C@@H]7OC[C@H](O)[C@H](O)[C@H]7O)[C@H](O)[C@H]6O[C@@H]6O[C@@H](C)[C@H](O)[C@@H](O)[C@H]6O)CC[C@]5(C)C4CC[C@@]32C)O[C@]12CC[C@@H](C)CO2. The summed E-state index contributed by atoms with van der Waals surface area (Å²) in [7, 11) is 0. The van der Waals surface area contributed by atoms with Gasteiger partial charge in [0.05, 0.1) is 38.1 Å². The smallest absolute Gasteiger partial charge is 0.187 e. The highest BCUT2D eigenvalue weighted by Gasteiger charge is 2.69. The Hall–Kier alpha value is -0.900. The molecule has 4 aliphatic carbocycles. The van der Waals surface area contributed by atoms with Gasteiger partial charge in [0.1, 0.15) is 61.0 Å². The Morgan fingerprint density at radius 2 is 1.48 bits per heavy atom. The summed E-state index contributed by atoms with van der Waals surface area (Å²) in [5.41, 5.74) is 1.54. The topological polar surface area (TPSA) is 236 Å². The Morgan fingerprint density at radius 3 is 2.22 bits per heavy atom. The van der Waals surface area contributed by atoms with E-state index in [4.69, 9.17) is 37.9 Å². The third kappa shape index (κ3) is 7.19. The fraction of sp³-hybridized carbons (Fsp3) is 0.955. The number of aliphatic hydroxyl groups is 8. The maximum Gasteiger partial charge on any atom is 0.187 e. The molecule has 5 heterocycles. The first kappa shape index (κ1) is 44.3. The fourth-order valence-corrected chi connectivity index (χ4v) is 13.7. The molecule has 342 valence electrons. The number of rotatable bonds is 7. The molecule has 3 saturated carbocycles. The first-order valence-electron chi connectivity index (χ1n) is 22.8. The van der Waals surface area contributed by atoms with Gasteiger partial charge in [0.25, 0.3) is 0 Å². The summed E-state index contributed by atoms with van der Waals surface area (Å²) >= 11 is 0. The standard InChI is InChI=1S/C44H70O16/c1-19-8-13-44(54-17-19)20(2)30-28(60-44)15-26-24-7-6-22-14-23(9-11-42(22,4)25(24)10-12-43(26,30)5)56-41-38(59-40-35(51)33(49)31(47)21(3)55-40)36(52)37(29(16-45)57-41)58-39-34(50)32(48)27(46)18-53-39/h6,19-21,23-41,45-52H,7-18H2,1-5H3/t19-,20?,21+,23+,24?,25?,26?,27+,28?,29-,30?,31+,32+,33-,34-,35-,36+,37-,38-,39+,40+,41-,42+,43+,44-/m1/s1. The van der Waals surface area contributed by atoms with E-state index in [1.54, 1.807) is 0 Å². The Kier molecular flexibility index (Phi) is 12.2. The van der Waals surface area contributed by atoms with Crippen LogP contribution >= 0.6 is 0 Å². The van der Waals surface area contributed by atoms with E-state index in [0.29, 0.717) is 48.3 Å². The van der Waals surface area contributed by atoms with Gasteiger partial charge in [-0.15, -0.1) is 0 Å². The molecule has 8 fully saturated rings. The number of allylic oxidation sites excluding steroid dienone is 1. The summed E-state index contributed by atoms with van der Waals surface area (Å²) in [6.45, 7) is 10.9. The zero-order valence-corrected chi connectivity index (χ0v) is 35.6. The molecule has 60 heavy (non-hydrogen) atoms. The summed E-state index contributed by atoms with van der Waals surface area (Å²) in [6.07, 6.45) is -9.25. The van der Waals surface area contributed by atoms with Crippen molar-refractivity contribution in [1.29, 1.82) is 0 Å². The molecular formula is C44H70O16. The van der Waals surface area contributed by atoms with Crippen molar-refractivity contribution in [3.05, 3.63) is 11.6 Å². The van der Waals surface area contributed by atoms with Crippen molar-refractivity contribution in [2.45, 2.75) is 196 Å². The lowest BCUT2D eigenvalue weighted by Crippen LogP contribution is -2.66. The molecule has 0 bridgehead atoms. The van der Waals surface area contributed by atoms with Crippen molar-refractivity contribution in [1.82, 2.24) is 0 Å². The van der Waals surface area contributed by atoms with E-state index < -0.39 is 98.4 Å². The molecule has 0 amide bonds. The van der Waals surface area contributed by atoms with Crippen LogP contribution in [0.1, 0.15) is 92.4 Å². The zero-order valence-electron chi connectivity index (χ0n) is 35.6. The molecule has 25 atom stereocenters. The van der Waals surface area contributed by atoms with Crippen molar-refractivity contribution in [3.8, 4) is 0 Å². The van der Waals surface area contributed by atoms with E-state index >= 15 is 0 Å². The molecule has 16 nitrogen and oxygen atoms in total. The van der Waals surface area contributed by atoms with Crippen LogP contribution in [0.3, 0.4) is 0 Å². The normalized spacial score (nSPS) is 57.9. The van der Waals surface area contributed by atoms with E-state index in [1.165, 1.54) is 18.9 Å². The van der Waals surface area contributed by atoms with Gasteiger partial charge in [-0.25, -0.2) is 0 Å². The molecule has 0 radical (unpaired) electrons. The van der Waals surface area contributed by atoms with Crippen LogP contribution in [0, 0.1) is 46.3 Å². The molecule has 5 saturated heterocycles. The zero-order chi connectivity index (χ0) is 42.6.